The van der Waals surface area contributed by atoms with Gasteiger partial charge in [0.25, 0.3) is 0 Å². The molecule has 2 rings (SSSR count). The minimum absolute atomic E-state index is 0.214. The van der Waals surface area contributed by atoms with Crippen molar-refractivity contribution in [1.29, 1.82) is 5.26 Å². The minimum Gasteiger partial charge on any atom is -0.377 e. The number of nitrogens with one attached hydrogen (secondary N) is 1. The van der Waals surface area contributed by atoms with E-state index in [4.69, 9.17) is 5.26 Å². The van der Waals surface area contributed by atoms with Gasteiger partial charge in [0.05, 0.1) is 17.7 Å². The van der Waals surface area contributed by atoms with Crippen molar-refractivity contribution in [3.05, 3.63) is 58.7 Å². The van der Waals surface area contributed by atoms with Crippen LogP contribution in [0.3, 0.4) is 0 Å². The third-order valence-corrected chi connectivity index (χ3v) is 3.07. The zero-order chi connectivity index (χ0) is 15.6. The average molecular weight is 291 g/mol. The molecule has 21 heavy (non-hydrogen) atoms. The van der Waals surface area contributed by atoms with Crippen molar-refractivity contribution in [3.8, 4) is 6.07 Å². The van der Waals surface area contributed by atoms with E-state index in [1.807, 2.05) is 6.07 Å². The fraction of sp³-hybridized carbons (Fsp3) is 0.200. The maximum atomic E-state index is 14.0. The maximum absolute atomic E-state index is 14.0. The summed E-state index contributed by atoms with van der Waals surface area (Å²) < 4.78 is 40.5. The van der Waals surface area contributed by atoms with Crippen LogP contribution in [0.1, 0.15) is 29.8 Å². The van der Waals surface area contributed by atoms with Crippen molar-refractivity contribution in [2.45, 2.75) is 19.9 Å². The summed E-state index contributed by atoms with van der Waals surface area (Å²) in [5, 5.41) is 11.7. The van der Waals surface area contributed by atoms with Gasteiger partial charge in [0.2, 0.25) is 5.95 Å². The van der Waals surface area contributed by atoms with Gasteiger partial charge in [0.15, 0.2) is 11.6 Å². The van der Waals surface area contributed by atoms with E-state index in [1.165, 1.54) is 0 Å². The Kier molecular flexibility index (Phi) is 4.13. The van der Waals surface area contributed by atoms with Crippen LogP contribution in [0.5, 0.6) is 0 Å². The molecule has 3 nitrogen and oxygen atoms in total. The van der Waals surface area contributed by atoms with Crippen LogP contribution in [0.15, 0.2) is 24.3 Å². The molecular weight excluding hydrogens is 279 g/mol. The first kappa shape index (κ1) is 14.9. The van der Waals surface area contributed by atoms with E-state index < -0.39 is 29.2 Å². The molecule has 0 amide bonds. The quantitative estimate of drug-likeness (QED) is 0.874. The third kappa shape index (κ3) is 2.97. The topological polar surface area (TPSA) is 48.7 Å². The predicted octanol–water partition coefficient (Wildman–Crippen LogP) is 3.85. The van der Waals surface area contributed by atoms with Crippen molar-refractivity contribution in [2.24, 2.45) is 0 Å². The Hall–Kier alpha value is -2.55. The molecule has 1 aromatic heterocycles. The summed E-state index contributed by atoms with van der Waals surface area (Å²) in [4.78, 5) is 3.33. The highest BCUT2D eigenvalue weighted by Crippen LogP contribution is 2.24. The van der Waals surface area contributed by atoms with Gasteiger partial charge < -0.3 is 5.32 Å². The van der Waals surface area contributed by atoms with Crippen LogP contribution in [-0.2, 0) is 0 Å². The van der Waals surface area contributed by atoms with E-state index in [0.717, 1.165) is 6.92 Å². The summed E-state index contributed by atoms with van der Waals surface area (Å²) in [6.07, 6.45) is 0. The normalized spacial score (nSPS) is 11.8. The largest absolute Gasteiger partial charge is 0.377 e. The first-order valence-corrected chi connectivity index (χ1v) is 6.21. The lowest BCUT2D eigenvalue weighted by Gasteiger charge is -2.17. The standard InChI is InChI=1S/C15H12F3N3/c1-8-12(16)14(21-15(18)13(8)17)9(2)20-11-5-3-4-10(6-11)7-19/h3-6,9,20H,1-2H3. The van der Waals surface area contributed by atoms with Crippen LogP contribution < -0.4 is 5.32 Å². The first-order valence-electron chi connectivity index (χ1n) is 6.21. The SMILES string of the molecule is Cc1c(F)c(F)nc(C(C)Nc2cccc(C#N)c2)c1F. The van der Waals surface area contributed by atoms with Crippen LogP contribution in [-0.4, -0.2) is 4.98 Å². The summed E-state index contributed by atoms with van der Waals surface area (Å²) in [6.45, 7) is 2.73. The molecule has 0 saturated heterocycles. The predicted molar refractivity (Wildman–Crippen MR) is 72.0 cm³/mol. The van der Waals surface area contributed by atoms with Gasteiger partial charge >= 0.3 is 0 Å². The number of anilines is 1. The van der Waals surface area contributed by atoms with Gasteiger partial charge in [0.1, 0.15) is 5.69 Å². The van der Waals surface area contributed by atoms with E-state index in [0.29, 0.717) is 11.3 Å². The molecule has 1 heterocycles. The lowest BCUT2D eigenvalue weighted by molar-refractivity contribution is 0.444. The van der Waals surface area contributed by atoms with Crippen molar-refractivity contribution >= 4 is 5.69 Å². The molecule has 6 heteroatoms. The monoisotopic (exact) mass is 291 g/mol. The highest BCUT2D eigenvalue weighted by Gasteiger charge is 2.21. The van der Waals surface area contributed by atoms with Gasteiger partial charge in [-0.25, -0.2) is 13.8 Å². The molecule has 0 aliphatic heterocycles. The smallest absolute Gasteiger partial charge is 0.249 e. The molecule has 1 atom stereocenters. The number of rotatable bonds is 3. The van der Waals surface area contributed by atoms with E-state index in [-0.39, 0.29) is 5.69 Å². The molecule has 2 aromatic rings. The van der Waals surface area contributed by atoms with Gasteiger partial charge in [-0.3, -0.25) is 0 Å². The molecule has 0 fully saturated rings. The number of hydrogen-bond donors (Lipinski definition) is 1. The van der Waals surface area contributed by atoms with Crippen molar-refractivity contribution < 1.29 is 13.2 Å². The molecule has 108 valence electrons. The Morgan fingerprint density at radius 2 is 1.95 bits per heavy atom. The summed E-state index contributed by atoms with van der Waals surface area (Å²) in [6, 6.07) is 7.83. The second kappa shape index (κ2) is 5.83. The number of nitriles is 1. The Balaban J connectivity index is 2.33. The molecule has 0 bridgehead atoms. The van der Waals surface area contributed by atoms with Gasteiger partial charge in [-0.15, -0.1) is 0 Å². The lowest BCUT2D eigenvalue weighted by Crippen LogP contribution is -2.14. The van der Waals surface area contributed by atoms with Gasteiger partial charge in [-0.1, -0.05) is 6.07 Å². The summed E-state index contributed by atoms with van der Waals surface area (Å²) in [5.41, 5.74) is 0.373. The molecule has 0 spiro atoms. The Morgan fingerprint density at radius 1 is 1.24 bits per heavy atom. The van der Waals surface area contributed by atoms with Crippen molar-refractivity contribution in [1.82, 2.24) is 4.98 Å². The summed E-state index contributed by atoms with van der Waals surface area (Å²) >= 11 is 0. The fourth-order valence-corrected chi connectivity index (χ4v) is 1.93. The zero-order valence-electron chi connectivity index (χ0n) is 11.4. The van der Waals surface area contributed by atoms with Gasteiger partial charge in [0, 0.05) is 11.3 Å². The minimum atomic E-state index is -1.33. The second-order valence-corrected chi connectivity index (χ2v) is 4.60. The number of nitrogens with zero attached hydrogens (tertiary/aromatic N) is 2. The number of aromatic nitrogens is 1. The highest BCUT2D eigenvalue weighted by atomic mass is 19.2. The third-order valence-electron chi connectivity index (χ3n) is 3.07. The van der Waals surface area contributed by atoms with Crippen LogP contribution >= 0.6 is 0 Å². The van der Waals surface area contributed by atoms with Crippen LogP contribution in [0.4, 0.5) is 18.9 Å². The summed E-state index contributed by atoms with van der Waals surface area (Å²) in [7, 11) is 0. The molecular formula is C15H12F3N3. The van der Waals surface area contributed by atoms with Crippen molar-refractivity contribution in [2.75, 3.05) is 5.32 Å². The maximum Gasteiger partial charge on any atom is 0.249 e. The first-order chi connectivity index (χ1) is 9.93. The molecule has 0 aliphatic rings. The second-order valence-electron chi connectivity index (χ2n) is 4.60. The van der Waals surface area contributed by atoms with E-state index in [2.05, 4.69) is 10.3 Å². The molecule has 1 unspecified atom stereocenters. The average Bonchev–Trinajstić information content (AvgIpc) is 2.48. The lowest BCUT2D eigenvalue weighted by atomic mass is 10.1. The van der Waals surface area contributed by atoms with Crippen LogP contribution in [0.25, 0.3) is 0 Å². The van der Waals surface area contributed by atoms with Crippen LogP contribution in [0.2, 0.25) is 0 Å². The van der Waals surface area contributed by atoms with E-state index in [9.17, 15) is 13.2 Å². The highest BCUT2D eigenvalue weighted by molar-refractivity contribution is 5.50. The number of halogens is 3. The fourth-order valence-electron chi connectivity index (χ4n) is 1.93. The molecule has 0 saturated carbocycles. The number of pyridine rings is 1. The molecule has 1 N–H and O–H groups in total. The number of benzene rings is 1. The van der Waals surface area contributed by atoms with E-state index >= 15 is 0 Å². The Morgan fingerprint density at radius 3 is 2.62 bits per heavy atom. The van der Waals surface area contributed by atoms with Crippen LogP contribution in [0, 0.1) is 35.8 Å². The molecule has 0 radical (unpaired) electrons. The Labute approximate surface area is 120 Å². The zero-order valence-corrected chi connectivity index (χ0v) is 11.4. The molecule has 0 aliphatic carbocycles. The molecule has 1 aromatic carbocycles. The van der Waals surface area contributed by atoms with Gasteiger partial charge in [-0.05, 0) is 32.0 Å². The van der Waals surface area contributed by atoms with Gasteiger partial charge in [-0.2, -0.15) is 9.65 Å². The Bertz CT molecular complexity index is 723. The van der Waals surface area contributed by atoms with E-state index in [1.54, 1.807) is 31.2 Å². The summed E-state index contributed by atoms with van der Waals surface area (Å²) in [5.74, 6) is -3.50. The van der Waals surface area contributed by atoms with Crippen molar-refractivity contribution in [3.63, 3.8) is 0 Å². The number of hydrogen-bond acceptors (Lipinski definition) is 3.